The summed E-state index contributed by atoms with van der Waals surface area (Å²) in [6.45, 7) is 8.42. The second kappa shape index (κ2) is 6.99. The lowest BCUT2D eigenvalue weighted by molar-refractivity contribution is -0.193. The van der Waals surface area contributed by atoms with Crippen LogP contribution < -0.4 is 0 Å². The van der Waals surface area contributed by atoms with E-state index in [1.807, 2.05) is 0 Å². The van der Waals surface area contributed by atoms with E-state index >= 15 is 0 Å². The molecule has 0 aliphatic heterocycles. The molecule has 100 valence electrons. The Morgan fingerprint density at radius 3 is 2.33 bits per heavy atom. The Morgan fingerprint density at radius 2 is 1.83 bits per heavy atom. The molecule has 1 saturated carbocycles. The predicted octanol–water partition coefficient (Wildman–Crippen LogP) is 2.74. The first-order chi connectivity index (χ1) is 8.54. The Kier molecular flexibility index (Phi) is 5.62. The fraction of sp³-hybridized carbons (Fsp3) is 0.571. The summed E-state index contributed by atoms with van der Waals surface area (Å²) < 4.78 is 10.3. The van der Waals surface area contributed by atoms with Crippen molar-refractivity contribution in [3.63, 3.8) is 0 Å². The third-order valence-electron chi connectivity index (χ3n) is 3.01. The molecule has 1 aliphatic rings. The number of ether oxygens (including phenoxy) is 2. The molecule has 0 N–H and O–H groups in total. The van der Waals surface area contributed by atoms with Gasteiger partial charge in [-0.1, -0.05) is 32.4 Å². The number of hydrogen-bond donors (Lipinski definition) is 0. The normalized spacial score (nSPS) is 17.6. The highest BCUT2D eigenvalue weighted by Crippen LogP contribution is 2.29. The van der Waals surface area contributed by atoms with Gasteiger partial charge in [0.2, 0.25) is 0 Å². The summed E-state index contributed by atoms with van der Waals surface area (Å²) in [4.78, 5) is 22.8. The van der Waals surface area contributed by atoms with Crippen LogP contribution in [-0.4, -0.2) is 18.2 Å². The second-order valence-corrected chi connectivity index (χ2v) is 4.59. The molecule has 0 spiro atoms. The number of esters is 2. The maximum Gasteiger partial charge on any atom is 0.336 e. The summed E-state index contributed by atoms with van der Waals surface area (Å²) in [6, 6.07) is 0. The smallest absolute Gasteiger partial charge is 0.336 e. The van der Waals surface area contributed by atoms with Crippen molar-refractivity contribution < 1.29 is 19.1 Å². The molecule has 1 atom stereocenters. The lowest BCUT2D eigenvalue weighted by atomic mass is 9.89. The largest absolute Gasteiger partial charge is 0.422 e. The quantitative estimate of drug-likeness (QED) is 0.429. The number of carbonyl (C=O) groups excluding carboxylic acids is 2. The SMILES string of the molecule is C=CC(=O)OC(OC(=O)C(=C)C)C1CCCCC1. The van der Waals surface area contributed by atoms with Crippen molar-refractivity contribution in [2.75, 3.05) is 0 Å². The van der Waals surface area contributed by atoms with Crippen molar-refractivity contribution in [1.82, 2.24) is 0 Å². The van der Waals surface area contributed by atoms with Gasteiger partial charge in [0.1, 0.15) is 0 Å². The van der Waals surface area contributed by atoms with E-state index in [1.54, 1.807) is 6.92 Å². The first-order valence-electron chi connectivity index (χ1n) is 6.24. The van der Waals surface area contributed by atoms with Crippen LogP contribution in [0.4, 0.5) is 0 Å². The van der Waals surface area contributed by atoms with Crippen molar-refractivity contribution in [3.05, 3.63) is 24.8 Å². The fourth-order valence-corrected chi connectivity index (χ4v) is 1.99. The monoisotopic (exact) mass is 252 g/mol. The van der Waals surface area contributed by atoms with Crippen molar-refractivity contribution in [2.45, 2.75) is 45.3 Å². The molecule has 1 fully saturated rings. The van der Waals surface area contributed by atoms with Gasteiger partial charge in [-0.2, -0.15) is 0 Å². The average molecular weight is 252 g/mol. The maximum absolute atomic E-state index is 11.5. The minimum Gasteiger partial charge on any atom is -0.422 e. The molecule has 0 aromatic carbocycles. The van der Waals surface area contributed by atoms with E-state index in [1.165, 1.54) is 6.42 Å². The highest BCUT2D eigenvalue weighted by atomic mass is 16.7. The van der Waals surface area contributed by atoms with Crippen molar-refractivity contribution in [1.29, 1.82) is 0 Å². The minimum atomic E-state index is -0.819. The van der Waals surface area contributed by atoms with Crippen LogP contribution in [-0.2, 0) is 19.1 Å². The average Bonchev–Trinajstić information content (AvgIpc) is 2.38. The Morgan fingerprint density at radius 1 is 1.22 bits per heavy atom. The van der Waals surface area contributed by atoms with Crippen LogP contribution in [0.2, 0.25) is 0 Å². The summed E-state index contributed by atoms with van der Waals surface area (Å²) >= 11 is 0. The Hall–Kier alpha value is -1.58. The maximum atomic E-state index is 11.5. The molecule has 0 aromatic rings. The van der Waals surface area contributed by atoms with Crippen LogP contribution in [0, 0.1) is 5.92 Å². The molecular weight excluding hydrogens is 232 g/mol. The Balaban J connectivity index is 2.66. The van der Waals surface area contributed by atoms with Gasteiger partial charge in [0, 0.05) is 17.6 Å². The lowest BCUT2D eigenvalue weighted by Crippen LogP contribution is -2.33. The molecule has 1 rings (SSSR count). The molecule has 0 heterocycles. The molecule has 4 heteroatoms. The molecule has 4 nitrogen and oxygen atoms in total. The van der Waals surface area contributed by atoms with Gasteiger partial charge in [0.05, 0.1) is 0 Å². The molecule has 0 amide bonds. The molecule has 0 aromatic heterocycles. The zero-order chi connectivity index (χ0) is 13.5. The number of carbonyl (C=O) groups is 2. The summed E-state index contributed by atoms with van der Waals surface area (Å²) in [5.74, 6) is -1.02. The van der Waals surface area contributed by atoms with E-state index in [-0.39, 0.29) is 5.92 Å². The zero-order valence-electron chi connectivity index (χ0n) is 10.8. The van der Waals surface area contributed by atoms with E-state index in [4.69, 9.17) is 9.47 Å². The van der Waals surface area contributed by atoms with Gasteiger partial charge in [-0.15, -0.1) is 0 Å². The van der Waals surface area contributed by atoms with Crippen molar-refractivity contribution in [2.24, 2.45) is 5.92 Å². The van der Waals surface area contributed by atoms with Gasteiger partial charge in [-0.3, -0.25) is 0 Å². The summed E-state index contributed by atoms with van der Waals surface area (Å²) in [6.07, 6.45) is 5.36. The van der Waals surface area contributed by atoms with E-state index in [2.05, 4.69) is 13.2 Å². The van der Waals surface area contributed by atoms with Crippen molar-refractivity contribution in [3.8, 4) is 0 Å². The first-order valence-corrected chi connectivity index (χ1v) is 6.24. The highest BCUT2D eigenvalue weighted by Gasteiger charge is 2.29. The molecule has 0 saturated heterocycles. The molecule has 18 heavy (non-hydrogen) atoms. The van der Waals surface area contributed by atoms with Crippen LogP contribution in [0.25, 0.3) is 0 Å². The van der Waals surface area contributed by atoms with Gasteiger partial charge in [0.25, 0.3) is 6.29 Å². The summed E-state index contributed by atoms with van der Waals surface area (Å²) in [5.41, 5.74) is 0.297. The molecular formula is C14H20O4. The molecule has 0 radical (unpaired) electrons. The van der Waals surface area contributed by atoms with Crippen LogP contribution in [0.15, 0.2) is 24.8 Å². The van der Waals surface area contributed by atoms with E-state index in [9.17, 15) is 9.59 Å². The number of hydrogen-bond acceptors (Lipinski definition) is 4. The Labute approximate surface area is 108 Å². The highest BCUT2D eigenvalue weighted by molar-refractivity contribution is 5.87. The molecule has 0 bridgehead atoms. The topological polar surface area (TPSA) is 52.6 Å². The van der Waals surface area contributed by atoms with E-state index in [0.29, 0.717) is 5.57 Å². The predicted molar refractivity (Wildman–Crippen MR) is 67.6 cm³/mol. The zero-order valence-corrected chi connectivity index (χ0v) is 10.8. The van der Waals surface area contributed by atoms with Crippen LogP contribution in [0.3, 0.4) is 0 Å². The van der Waals surface area contributed by atoms with E-state index in [0.717, 1.165) is 31.8 Å². The van der Waals surface area contributed by atoms with E-state index < -0.39 is 18.2 Å². The Bertz CT molecular complexity index is 340. The van der Waals surface area contributed by atoms with Crippen molar-refractivity contribution >= 4 is 11.9 Å². The third kappa shape index (κ3) is 4.35. The second-order valence-electron chi connectivity index (χ2n) is 4.59. The van der Waals surface area contributed by atoms with Crippen LogP contribution in [0.1, 0.15) is 39.0 Å². The summed E-state index contributed by atoms with van der Waals surface area (Å²) in [5, 5.41) is 0. The van der Waals surface area contributed by atoms with Gasteiger partial charge in [0.15, 0.2) is 0 Å². The van der Waals surface area contributed by atoms with Crippen LogP contribution >= 0.6 is 0 Å². The van der Waals surface area contributed by atoms with Crippen LogP contribution in [0.5, 0.6) is 0 Å². The fourth-order valence-electron chi connectivity index (χ4n) is 1.99. The first kappa shape index (κ1) is 14.5. The van der Waals surface area contributed by atoms with Gasteiger partial charge >= 0.3 is 11.9 Å². The summed E-state index contributed by atoms with van der Waals surface area (Å²) in [7, 11) is 0. The molecule has 1 aliphatic carbocycles. The third-order valence-corrected chi connectivity index (χ3v) is 3.01. The lowest BCUT2D eigenvalue weighted by Gasteiger charge is -2.28. The van der Waals surface area contributed by atoms with Gasteiger partial charge < -0.3 is 9.47 Å². The minimum absolute atomic E-state index is 0.0750. The van der Waals surface area contributed by atoms with Gasteiger partial charge in [-0.25, -0.2) is 9.59 Å². The molecule has 1 unspecified atom stereocenters. The standard InChI is InChI=1S/C14H20O4/c1-4-12(15)17-14(18-13(16)10(2)3)11-8-6-5-7-9-11/h4,11,14H,1-2,5-9H2,3H3. The van der Waals surface area contributed by atoms with Gasteiger partial charge in [-0.05, 0) is 19.8 Å². The number of rotatable bonds is 5.